The van der Waals surface area contributed by atoms with E-state index in [1.807, 2.05) is 20.8 Å². The highest BCUT2D eigenvalue weighted by molar-refractivity contribution is 6.11. The van der Waals surface area contributed by atoms with Crippen molar-refractivity contribution >= 4 is 17.6 Å². The molecule has 0 radical (unpaired) electrons. The van der Waals surface area contributed by atoms with E-state index in [4.69, 9.17) is 9.73 Å². The molecule has 1 aromatic heterocycles. The van der Waals surface area contributed by atoms with Gasteiger partial charge in [0, 0.05) is 18.9 Å². The Labute approximate surface area is 173 Å². The molecule has 1 aliphatic carbocycles. The quantitative estimate of drug-likeness (QED) is 0.699. The van der Waals surface area contributed by atoms with Gasteiger partial charge in [-0.25, -0.2) is 14.8 Å². The normalized spacial score (nSPS) is 21.3. The molecule has 0 aromatic carbocycles. The maximum absolute atomic E-state index is 13.2. The predicted molar refractivity (Wildman–Crippen MR) is 111 cm³/mol. The zero-order chi connectivity index (χ0) is 20.9. The van der Waals surface area contributed by atoms with Crippen LogP contribution in [0.1, 0.15) is 78.0 Å². The number of hydrogen-bond acceptors (Lipinski definition) is 6. The van der Waals surface area contributed by atoms with E-state index in [2.05, 4.69) is 9.97 Å². The molecule has 158 valence electrons. The summed E-state index contributed by atoms with van der Waals surface area (Å²) in [7, 11) is 0. The molecule has 0 unspecified atom stereocenters. The predicted octanol–water partition coefficient (Wildman–Crippen LogP) is 3.96. The fourth-order valence-electron chi connectivity index (χ4n) is 3.98. The molecule has 2 fully saturated rings. The topological polar surface area (TPSA) is 84.8 Å². The van der Waals surface area contributed by atoms with Gasteiger partial charge in [-0.2, -0.15) is 0 Å². The third-order valence-corrected chi connectivity index (χ3v) is 5.33. The van der Waals surface area contributed by atoms with Crippen LogP contribution in [0.5, 0.6) is 0 Å². The van der Waals surface area contributed by atoms with Gasteiger partial charge in [-0.15, -0.1) is 0 Å². The molecule has 2 aliphatic rings. The first-order valence-corrected chi connectivity index (χ1v) is 10.7. The molecule has 0 bridgehead atoms. The van der Waals surface area contributed by atoms with E-state index >= 15 is 0 Å². The Kier molecular flexibility index (Phi) is 6.98. The number of nitrogens with zero attached hydrogens (tertiary/aromatic N) is 4. The van der Waals surface area contributed by atoms with E-state index in [1.54, 1.807) is 23.4 Å². The first-order chi connectivity index (χ1) is 13.8. The van der Waals surface area contributed by atoms with Crippen LogP contribution in [0.3, 0.4) is 0 Å². The lowest BCUT2D eigenvalue weighted by Gasteiger charge is -2.28. The van der Waals surface area contributed by atoms with Crippen molar-refractivity contribution in [2.24, 2.45) is 4.99 Å². The summed E-state index contributed by atoms with van der Waals surface area (Å²) in [5.74, 6) is 0.489. The Morgan fingerprint density at radius 1 is 1.10 bits per heavy atom. The molecule has 0 spiro atoms. The zero-order valence-corrected chi connectivity index (χ0v) is 17.8. The molecule has 29 heavy (non-hydrogen) atoms. The van der Waals surface area contributed by atoms with E-state index in [0.29, 0.717) is 24.5 Å². The minimum Gasteiger partial charge on any atom is -0.444 e. The fourth-order valence-corrected chi connectivity index (χ4v) is 3.98. The molecule has 1 atom stereocenters. The van der Waals surface area contributed by atoms with Gasteiger partial charge in [-0.3, -0.25) is 14.7 Å². The number of Topliss-reactive ketones (excluding diaryl/α,β-unsaturated/α-hetero) is 1. The van der Waals surface area contributed by atoms with Crippen molar-refractivity contribution in [1.29, 1.82) is 0 Å². The van der Waals surface area contributed by atoms with Crippen molar-refractivity contribution in [3.8, 4) is 0 Å². The summed E-state index contributed by atoms with van der Waals surface area (Å²) < 4.78 is 5.49. The van der Waals surface area contributed by atoms with Gasteiger partial charge in [0.1, 0.15) is 5.60 Å². The maximum atomic E-state index is 13.2. The molecule has 1 amide bonds. The van der Waals surface area contributed by atoms with Crippen LogP contribution in [0.15, 0.2) is 23.5 Å². The van der Waals surface area contributed by atoms with Crippen LogP contribution in [-0.4, -0.2) is 56.7 Å². The highest BCUT2D eigenvalue weighted by atomic mass is 16.6. The van der Waals surface area contributed by atoms with Crippen molar-refractivity contribution in [3.63, 3.8) is 0 Å². The molecule has 1 saturated heterocycles. The second-order valence-corrected chi connectivity index (χ2v) is 8.91. The Morgan fingerprint density at radius 3 is 2.45 bits per heavy atom. The van der Waals surface area contributed by atoms with E-state index < -0.39 is 17.7 Å². The summed E-state index contributed by atoms with van der Waals surface area (Å²) in [6.07, 6.45) is 10.2. The van der Waals surface area contributed by atoms with Gasteiger partial charge < -0.3 is 4.74 Å². The first kappa shape index (κ1) is 21.4. The monoisotopic (exact) mass is 400 g/mol. The number of rotatable bonds is 5. The van der Waals surface area contributed by atoms with Crippen LogP contribution in [0, 0.1) is 0 Å². The molecule has 0 N–H and O–H groups in total. The minimum atomic E-state index is -0.585. The van der Waals surface area contributed by atoms with Crippen molar-refractivity contribution in [1.82, 2.24) is 14.9 Å². The van der Waals surface area contributed by atoms with Gasteiger partial charge in [0.2, 0.25) is 0 Å². The number of aromatic nitrogens is 2. The van der Waals surface area contributed by atoms with Gasteiger partial charge in [0.15, 0.2) is 11.6 Å². The lowest BCUT2D eigenvalue weighted by molar-refractivity contribution is -0.122. The lowest BCUT2D eigenvalue weighted by Crippen LogP contribution is -2.44. The Balaban J connectivity index is 1.75. The molecule has 1 saturated carbocycles. The Hall–Kier alpha value is -2.31. The first-order valence-electron chi connectivity index (χ1n) is 10.7. The smallest absolute Gasteiger partial charge is 0.410 e. The second-order valence-electron chi connectivity index (χ2n) is 8.91. The second kappa shape index (κ2) is 9.46. The van der Waals surface area contributed by atoms with Gasteiger partial charge >= 0.3 is 6.09 Å². The van der Waals surface area contributed by atoms with Crippen molar-refractivity contribution in [3.05, 3.63) is 24.3 Å². The molecule has 1 aromatic rings. The van der Waals surface area contributed by atoms with E-state index in [9.17, 15) is 9.59 Å². The highest BCUT2D eigenvalue weighted by Gasteiger charge is 2.37. The summed E-state index contributed by atoms with van der Waals surface area (Å²) in [4.78, 5) is 40.8. The van der Waals surface area contributed by atoms with Crippen molar-refractivity contribution < 1.29 is 14.3 Å². The van der Waals surface area contributed by atoms with E-state index in [1.165, 1.54) is 19.3 Å². The van der Waals surface area contributed by atoms with Crippen LogP contribution in [0.25, 0.3) is 0 Å². The third kappa shape index (κ3) is 6.08. The fraction of sp³-hybridized carbons (Fsp3) is 0.682. The van der Waals surface area contributed by atoms with Crippen LogP contribution >= 0.6 is 0 Å². The number of ketones is 1. The van der Waals surface area contributed by atoms with E-state index in [-0.39, 0.29) is 18.2 Å². The van der Waals surface area contributed by atoms with E-state index in [0.717, 1.165) is 19.3 Å². The molecule has 1 aliphatic heterocycles. The Morgan fingerprint density at radius 2 is 1.79 bits per heavy atom. The number of amides is 1. The molecule has 7 nitrogen and oxygen atoms in total. The van der Waals surface area contributed by atoms with Gasteiger partial charge in [-0.1, -0.05) is 19.3 Å². The summed E-state index contributed by atoms with van der Waals surface area (Å²) in [5, 5.41) is 0. The molecule has 7 heteroatoms. The average molecular weight is 401 g/mol. The number of ether oxygens (including phenoxy) is 1. The number of likely N-dealkylation sites (tertiary alicyclic amines) is 1. The van der Waals surface area contributed by atoms with Gasteiger partial charge in [-0.05, 0) is 52.5 Å². The standard InChI is InChI=1S/C22H32N4O3/c1-22(2,3)29-21(28)26-14-7-11-18(26)19(27)15-17(20-23-12-8-13-24-20)25-16-9-5-4-6-10-16/h8,12-13,16,18H,4-7,9-11,14-15H2,1-3H3/t18-/m0/s1. The van der Waals surface area contributed by atoms with Crippen LogP contribution in [-0.2, 0) is 9.53 Å². The summed E-state index contributed by atoms with van der Waals surface area (Å²) in [6, 6.07) is 1.51. The summed E-state index contributed by atoms with van der Waals surface area (Å²) in [6.45, 7) is 6.04. The minimum absolute atomic E-state index is 0.0182. The third-order valence-electron chi connectivity index (χ3n) is 5.33. The maximum Gasteiger partial charge on any atom is 0.410 e. The molecule has 3 rings (SSSR count). The molecular weight excluding hydrogens is 368 g/mol. The SMILES string of the molecule is CC(C)(C)OC(=O)N1CCC[C@H]1C(=O)CC(=NC1CCCCC1)c1ncccn1. The highest BCUT2D eigenvalue weighted by Crippen LogP contribution is 2.24. The zero-order valence-electron chi connectivity index (χ0n) is 17.8. The van der Waals surface area contributed by atoms with Crippen LogP contribution in [0.2, 0.25) is 0 Å². The average Bonchev–Trinajstić information content (AvgIpc) is 3.18. The van der Waals surface area contributed by atoms with Crippen LogP contribution < -0.4 is 0 Å². The summed E-state index contributed by atoms with van der Waals surface area (Å²) >= 11 is 0. The Bertz CT molecular complexity index is 736. The van der Waals surface area contributed by atoms with Crippen molar-refractivity contribution in [2.45, 2.75) is 89.8 Å². The molecule has 2 heterocycles. The lowest BCUT2D eigenvalue weighted by atomic mass is 9.95. The van der Waals surface area contributed by atoms with Crippen LogP contribution in [0.4, 0.5) is 4.79 Å². The number of hydrogen-bond donors (Lipinski definition) is 0. The summed E-state index contributed by atoms with van der Waals surface area (Å²) in [5.41, 5.74) is 0.0530. The van der Waals surface area contributed by atoms with Crippen molar-refractivity contribution in [2.75, 3.05) is 6.54 Å². The number of carbonyl (C=O) groups excluding carboxylic acids is 2. The number of aliphatic imine (C=N–C) groups is 1. The van der Waals surface area contributed by atoms with Gasteiger partial charge in [0.05, 0.1) is 24.2 Å². The van der Waals surface area contributed by atoms with Gasteiger partial charge in [0.25, 0.3) is 0 Å². The molecular formula is C22H32N4O3. The largest absolute Gasteiger partial charge is 0.444 e. The number of carbonyl (C=O) groups is 2.